The molecule has 1 fully saturated rings. The van der Waals surface area contributed by atoms with E-state index < -0.39 is 0 Å². The van der Waals surface area contributed by atoms with Crippen LogP contribution in [-0.4, -0.2) is 39.3 Å². The summed E-state index contributed by atoms with van der Waals surface area (Å²) in [7, 11) is 1.57. The molecule has 2 N–H and O–H groups in total. The van der Waals surface area contributed by atoms with E-state index >= 15 is 0 Å². The van der Waals surface area contributed by atoms with Crippen molar-refractivity contribution in [1.82, 2.24) is 10.6 Å². The van der Waals surface area contributed by atoms with Crippen LogP contribution >= 0.6 is 28.3 Å². The minimum atomic E-state index is -0.0909. The van der Waals surface area contributed by atoms with E-state index in [4.69, 9.17) is 9.47 Å². The van der Waals surface area contributed by atoms with Crippen LogP contribution < -0.4 is 20.1 Å². The van der Waals surface area contributed by atoms with Gasteiger partial charge in [0, 0.05) is 12.1 Å². The predicted molar refractivity (Wildman–Crippen MR) is 102 cm³/mol. The first-order valence-corrected chi connectivity index (χ1v) is 8.77. The molecule has 24 heavy (non-hydrogen) atoms. The average molecular weight is 422 g/mol. The summed E-state index contributed by atoms with van der Waals surface area (Å²) >= 11 is 3.45. The van der Waals surface area contributed by atoms with Gasteiger partial charge in [-0.25, -0.2) is 0 Å². The molecular weight excluding hydrogens is 396 g/mol. The number of carbonyl (C=O) groups is 1. The lowest BCUT2D eigenvalue weighted by Gasteiger charge is -2.34. The van der Waals surface area contributed by atoms with Gasteiger partial charge in [-0.15, -0.1) is 12.4 Å². The summed E-state index contributed by atoms with van der Waals surface area (Å²) in [4.78, 5) is 12.5. The van der Waals surface area contributed by atoms with Gasteiger partial charge in [0.1, 0.15) is 0 Å². The van der Waals surface area contributed by atoms with Gasteiger partial charge in [0.05, 0.1) is 18.2 Å². The van der Waals surface area contributed by atoms with Crippen molar-refractivity contribution in [1.29, 1.82) is 0 Å². The summed E-state index contributed by atoms with van der Waals surface area (Å²) < 4.78 is 11.6. The van der Waals surface area contributed by atoms with E-state index in [9.17, 15) is 4.79 Å². The molecule has 1 aromatic carbocycles. The number of ether oxygens (including phenoxy) is 2. The van der Waals surface area contributed by atoms with Crippen LogP contribution in [0, 0.1) is 5.41 Å². The topological polar surface area (TPSA) is 59.6 Å². The van der Waals surface area contributed by atoms with E-state index in [1.165, 1.54) is 0 Å². The molecule has 7 heteroatoms. The molecule has 1 heterocycles. The first-order valence-electron chi connectivity index (χ1n) is 7.98. The Kier molecular flexibility index (Phi) is 8.33. The van der Waals surface area contributed by atoms with E-state index in [-0.39, 0.29) is 23.7 Å². The molecule has 1 aromatic rings. The van der Waals surface area contributed by atoms with Crippen molar-refractivity contribution < 1.29 is 14.3 Å². The highest BCUT2D eigenvalue weighted by molar-refractivity contribution is 9.10. The zero-order chi connectivity index (χ0) is 16.9. The van der Waals surface area contributed by atoms with Crippen LogP contribution in [0.4, 0.5) is 0 Å². The third kappa shape index (κ3) is 5.26. The van der Waals surface area contributed by atoms with Crippen LogP contribution in [0.5, 0.6) is 11.5 Å². The Morgan fingerprint density at radius 1 is 1.38 bits per heavy atom. The summed E-state index contributed by atoms with van der Waals surface area (Å²) in [5.41, 5.74) is 0.725. The number of halogens is 2. The second-order valence-electron chi connectivity index (χ2n) is 6.17. The maximum absolute atomic E-state index is 12.5. The van der Waals surface area contributed by atoms with Gasteiger partial charge < -0.3 is 20.1 Å². The largest absolute Gasteiger partial charge is 0.493 e. The van der Waals surface area contributed by atoms with Gasteiger partial charge in [0.2, 0.25) is 0 Å². The predicted octanol–water partition coefficient (Wildman–Crippen LogP) is 3.40. The molecule has 0 spiro atoms. The second-order valence-corrected chi connectivity index (χ2v) is 7.02. The van der Waals surface area contributed by atoms with Crippen molar-refractivity contribution in [3.05, 3.63) is 22.2 Å². The molecule has 2 rings (SSSR count). The Balaban J connectivity index is 0.00000288. The lowest BCUT2D eigenvalue weighted by atomic mass is 9.81. The molecule has 0 aromatic heterocycles. The zero-order valence-electron chi connectivity index (χ0n) is 14.4. The molecule has 1 aliphatic rings. The quantitative estimate of drug-likeness (QED) is 0.739. The molecule has 0 bridgehead atoms. The fourth-order valence-electron chi connectivity index (χ4n) is 2.74. The van der Waals surface area contributed by atoms with Crippen molar-refractivity contribution in [3.8, 4) is 11.5 Å². The van der Waals surface area contributed by atoms with Crippen LogP contribution in [0.2, 0.25) is 0 Å². The third-order valence-electron chi connectivity index (χ3n) is 4.27. The van der Waals surface area contributed by atoms with Gasteiger partial charge in [0.25, 0.3) is 5.91 Å². The first-order chi connectivity index (χ1) is 11.0. The average Bonchev–Trinajstić information content (AvgIpc) is 2.55. The Hall–Kier alpha value is -0.980. The van der Waals surface area contributed by atoms with Crippen LogP contribution in [0.3, 0.4) is 0 Å². The highest BCUT2D eigenvalue weighted by Gasteiger charge is 2.27. The molecular formula is C17H26BrClN2O3. The molecule has 136 valence electrons. The van der Waals surface area contributed by atoms with Gasteiger partial charge in [-0.1, -0.05) is 6.92 Å². The maximum Gasteiger partial charge on any atom is 0.251 e. The second kappa shape index (κ2) is 9.49. The van der Waals surface area contributed by atoms with E-state index in [0.29, 0.717) is 30.2 Å². The van der Waals surface area contributed by atoms with Crippen molar-refractivity contribution >= 4 is 34.2 Å². The highest BCUT2D eigenvalue weighted by atomic mass is 79.9. The number of piperidine rings is 1. The summed E-state index contributed by atoms with van der Waals surface area (Å²) in [6, 6.07) is 3.49. The third-order valence-corrected chi connectivity index (χ3v) is 4.86. The fraction of sp³-hybridized carbons (Fsp3) is 0.588. The summed E-state index contributed by atoms with van der Waals surface area (Å²) in [5, 5.41) is 6.41. The zero-order valence-corrected chi connectivity index (χ0v) is 16.8. The number of hydrogen-bond acceptors (Lipinski definition) is 4. The van der Waals surface area contributed by atoms with Crippen molar-refractivity contribution in [2.45, 2.75) is 26.7 Å². The van der Waals surface area contributed by atoms with E-state index in [0.717, 1.165) is 30.4 Å². The Bertz CT molecular complexity index is 563. The Morgan fingerprint density at radius 2 is 2.04 bits per heavy atom. The van der Waals surface area contributed by atoms with Gasteiger partial charge in [-0.05, 0) is 66.3 Å². The monoisotopic (exact) mass is 420 g/mol. The molecule has 5 nitrogen and oxygen atoms in total. The fourth-order valence-corrected chi connectivity index (χ4v) is 3.29. The molecule has 0 aliphatic carbocycles. The van der Waals surface area contributed by atoms with Crippen LogP contribution in [0.1, 0.15) is 37.0 Å². The molecule has 0 atom stereocenters. The summed E-state index contributed by atoms with van der Waals surface area (Å²) in [6.45, 7) is 7.37. The van der Waals surface area contributed by atoms with E-state index in [2.05, 4.69) is 33.5 Å². The van der Waals surface area contributed by atoms with Gasteiger partial charge in [-0.2, -0.15) is 0 Å². The number of benzene rings is 1. The standard InChI is InChI=1S/C17H25BrN2O3.ClH/c1-4-23-15-13(18)9-12(10-14(15)22-3)16(21)20-11-17(2)5-7-19-8-6-17;/h9-10,19H,4-8,11H2,1-3H3,(H,20,21);1H. The van der Waals surface area contributed by atoms with Gasteiger partial charge >= 0.3 is 0 Å². The number of methoxy groups -OCH3 is 1. The SMILES string of the molecule is CCOc1c(Br)cc(C(=O)NCC2(C)CCNCC2)cc1OC.Cl. The number of amides is 1. The molecule has 0 saturated carbocycles. The van der Waals surface area contributed by atoms with E-state index in [1.54, 1.807) is 19.2 Å². The molecule has 0 radical (unpaired) electrons. The highest BCUT2D eigenvalue weighted by Crippen LogP contribution is 2.36. The van der Waals surface area contributed by atoms with Gasteiger partial charge in [0.15, 0.2) is 11.5 Å². The summed E-state index contributed by atoms with van der Waals surface area (Å²) in [6.07, 6.45) is 2.15. The van der Waals surface area contributed by atoms with Crippen molar-refractivity contribution in [2.24, 2.45) is 5.41 Å². The number of rotatable bonds is 6. The minimum absolute atomic E-state index is 0. The number of carbonyl (C=O) groups excluding carboxylic acids is 1. The van der Waals surface area contributed by atoms with Crippen LogP contribution in [0.15, 0.2) is 16.6 Å². The summed E-state index contributed by atoms with van der Waals surface area (Å²) in [5.74, 6) is 1.09. The Morgan fingerprint density at radius 3 is 2.62 bits per heavy atom. The lowest BCUT2D eigenvalue weighted by molar-refractivity contribution is 0.0922. The maximum atomic E-state index is 12.5. The lowest BCUT2D eigenvalue weighted by Crippen LogP contribution is -2.42. The smallest absolute Gasteiger partial charge is 0.251 e. The molecule has 1 saturated heterocycles. The van der Waals surface area contributed by atoms with E-state index in [1.807, 2.05) is 6.92 Å². The Labute approximate surface area is 158 Å². The van der Waals surface area contributed by atoms with Crippen LogP contribution in [0.25, 0.3) is 0 Å². The molecule has 1 amide bonds. The normalized spacial score (nSPS) is 16.0. The van der Waals surface area contributed by atoms with Crippen molar-refractivity contribution in [3.63, 3.8) is 0 Å². The van der Waals surface area contributed by atoms with Crippen molar-refractivity contribution in [2.75, 3.05) is 33.4 Å². The molecule has 0 unspecified atom stereocenters. The molecule has 1 aliphatic heterocycles. The first kappa shape index (κ1) is 21.1. The van der Waals surface area contributed by atoms with Crippen LogP contribution in [-0.2, 0) is 0 Å². The number of hydrogen-bond donors (Lipinski definition) is 2. The minimum Gasteiger partial charge on any atom is -0.493 e. The van der Waals surface area contributed by atoms with Gasteiger partial charge in [-0.3, -0.25) is 4.79 Å². The number of nitrogens with one attached hydrogen (secondary N) is 2.